The van der Waals surface area contributed by atoms with Crippen molar-refractivity contribution in [3.63, 3.8) is 0 Å². The van der Waals surface area contributed by atoms with Crippen LogP contribution in [0.15, 0.2) is 24.3 Å². The number of hydrogen-bond acceptors (Lipinski definition) is 2. The second kappa shape index (κ2) is 5.09. The van der Waals surface area contributed by atoms with E-state index in [2.05, 4.69) is 11.4 Å². The Balaban J connectivity index is 1.92. The summed E-state index contributed by atoms with van der Waals surface area (Å²) in [6.45, 7) is 0.639. The molecule has 1 fully saturated rings. The maximum absolute atomic E-state index is 13.3. The summed E-state index contributed by atoms with van der Waals surface area (Å²) in [6, 6.07) is 9.52. The van der Waals surface area contributed by atoms with Crippen molar-refractivity contribution in [3.05, 3.63) is 35.4 Å². The van der Waals surface area contributed by atoms with Gasteiger partial charge in [-0.2, -0.15) is 5.26 Å². The smallest absolute Gasteiger partial charge is 0.115 e. The predicted octanol–water partition coefficient (Wildman–Crippen LogP) is 2.54. The van der Waals surface area contributed by atoms with Gasteiger partial charge in [-0.05, 0) is 37.0 Å². The molecular weight excluding hydrogens is 203 g/mol. The first-order chi connectivity index (χ1) is 7.79. The summed E-state index contributed by atoms with van der Waals surface area (Å²) in [5, 5.41) is 12.0. The zero-order valence-electron chi connectivity index (χ0n) is 9.12. The number of nitriles is 1. The summed E-state index contributed by atoms with van der Waals surface area (Å²) in [5.74, 6) is 0. The molecule has 0 spiro atoms. The van der Waals surface area contributed by atoms with Crippen LogP contribution in [0.4, 0.5) is 4.39 Å². The molecule has 0 aromatic heterocycles. The molecule has 2 unspecified atom stereocenters. The molecule has 2 rings (SSSR count). The van der Waals surface area contributed by atoms with Crippen molar-refractivity contribution in [2.45, 2.75) is 38.0 Å². The van der Waals surface area contributed by atoms with Crippen molar-refractivity contribution in [1.82, 2.24) is 5.32 Å². The molecule has 3 heteroatoms. The van der Waals surface area contributed by atoms with Crippen LogP contribution < -0.4 is 5.32 Å². The Bertz CT molecular complexity index is 397. The van der Waals surface area contributed by atoms with Crippen LogP contribution in [-0.4, -0.2) is 12.2 Å². The second-order valence-corrected chi connectivity index (χ2v) is 4.25. The van der Waals surface area contributed by atoms with Crippen LogP contribution in [0, 0.1) is 11.3 Å². The lowest BCUT2D eigenvalue weighted by Crippen LogP contribution is -2.32. The highest BCUT2D eigenvalue weighted by atomic mass is 19.1. The molecule has 84 valence electrons. The Morgan fingerprint density at radius 1 is 1.44 bits per heavy atom. The normalized spacial score (nSPS) is 24.2. The van der Waals surface area contributed by atoms with E-state index in [0.717, 1.165) is 18.4 Å². The Labute approximate surface area is 95.1 Å². The lowest BCUT2D eigenvalue weighted by Gasteiger charge is -2.14. The van der Waals surface area contributed by atoms with Crippen LogP contribution in [-0.2, 0) is 6.54 Å². The first-order valence-corrected chi connectivity index (χ1v) is 5.66. The molecule has 16 heavy (non-hydrogen) atoms. The number of alkyl halides is 1. The molecule has 0 radical (unpaired) electrons. The molecular formula is C13H15FN2. The molecule has 0 bridgehead atoms. The molecule has 0 aliphatic heterocycles. The van der Waals surface area contributed by atoms with Gasteiger partial charge in [0.05, 0.1) is 11.6 Å². The van der Waals surface area contributed by atoms with Crippen molar-refractivity contribution >= 4 is 0 Å². The summed E-state index contributed by atoms with van der Waals surface area (Å²) in [4.78, 5) is 0. The van der Waals surface area contributed by atoms with Crippen LogP contribution in [0.2, 0.25) is 0 Å². The Morgan fingerprint density at radius 3 is 3.00 bits per heavy atom. The Hall–Kier alpha value is -1.40. The van der Waals surface area contributed by atoms with Crippen molar-refractivity contribution in [3.8, 4) is 6.07 Å². The highest BCUT2D eigenvalue weighted by Crippen LogP contribution is 2.22. The standard InChI is InChI=1S/C13H15FN2/c14-12-5-2-6-13(12)16-9-11-4-1-3-10(7-11)8-15/h1,3-4,7,12-13,16H,2,5-6,9H2. The van der Waals surface area contributed by atoms with E-state index in [1.54, 1.807) is 6.07 Å². The molecule has 2 atom stereocenters. The fourth-order valence-corrected chi connectivity index (χ4v) is 2.14. The molecule has 0 amide bonds. The largest absolute Gasteiger partial charge is 0.307 e. The zero-order chi connectivity index (χ0) is 11.4. The predicted molar refractivity (Wildman–Crippen MR) is 60.5 cm³/mol. The fourth-order valence-electron chi connectivity index (χ4n) is 2.14. The average molecular weight is 218 g/mol. The van der Waals surface area contributed by atoms with Gasteiger partial charge in [0.2, 0.25) is 0 Å². The van der Waals surface area contributed by atoms with Crippen molar-refractivity contribution in [1.29, 1.82) is 5.26 Å². The van der Waals surface area contributed by atoms with Crippen molar-refractivity contribution < 1.29 is 4.39 Å². The minimum Gasteiger partial charge on any atom is -0.307 e. The highest BCUT2D eigenvalue weighted by molar-refractivity contribution is 5.32. The topological polar surface area (TPSA) is 35.8 Å². The molecule has 0 heterocycles. The minimum absolute atomic E-state index is 0.00857. The van der Waals surface area contributed by atoms with E-state index in [9.17, 15) is 4.39 Å². The molecule has 2 nitrogen and oxygen atoms in total. The third kappa shape index (κ3) is 2.59. The average Bonchev–Trinajstić information content (AvgIpc) is 2.72. The van der Waals surface area contributed by atoms with Gasteiger partial charge in [0.1, 0.15) is 6.17 Å². The van der Waals surface area contributed by atoms with Crippen LogP contribution in [0.25, 0.3) is 0 Å². The van der Waals surface area contributed by atoms with Gasteiger partial charge in [0.15, 0.2) is 0 Å². The number of hydrogen-bond donors (Lipinski definition) is 1. The highest BCUT2D eigenvalue weighted by Gasteiger charge is 2.25. The monoisotopic (exact) mass is 218 g/mol. The first kappa shape index (κ1) is 11.1. The zero-order valence-corrected chi connectivity index (χ0v) is 9.12. The molecule has 1 N–H and O–H groups in total. The lowest BCUT2D eigenvalue weighted by atomic mass is 10.1. The summed E-state index contributed by atoms with van der Waals surface area (Å²) < 4.78 is 13.3. The van der Waals surface area contributed by atoms with E-state index >= 15 is 0 Å². The maximum Gasteiger partial charge on any atom is 0.115 e. The van der Waals surface area contributed by atoms with Gasteiger partial charge < -0.3 is 5.32 Å². The summed E-state index contributed by atoms with van der Waals surface area (Å²) >= 11 is 0. The van der Waals surface area contributed by atoms with Gasteiger partial charge >= 0.3 is 0 Å². The van der Waals surface area contributed by atoms with Crippen LogP contribution in [0.1, 0.15) is 30.4 Å². The maximum atomic E-state index is 13.3. The van der Waals surface area contributed by atoms with E-state index in [1.807, 2.05) is 18.2 Å². The number of rotatable bonds is 3. The number of benzene rings is 1. The second-order valence-electron chi connectivity index (χ2n) is 4.25. The molecule has 1 aliphatic carbocycles. The van der Waals surface area contributed by atoms with Gasteiger partial charge in [0.25, 0.3) is 0 Å². The number of nitrogens with one attached hydrogen (secondary N) is 1. The molecule has 1 aromatic rings. The van der Waals surface area contributed by atoms with Crippen molar-refractivity contribution in [2.75, 3.05) is 0 Å². The minimum atomic E-state index is -0.709. The van der Waals surface area contributed by atoms with Gasteiger partial charge in [-0.1, -0.05) is 12.1 Å². The van der Waals surface area contributed by atoms with Gasteiger partial charge in [-0.3, -0.25) is 0 Å². The van der Waals surface area contributed by atoms with Gasteiger partial charge in [0, 0.05) is 12.6 Å². The quantitative estimate of drug-likeness (QED) is 0.846. The van der Waals surface area contributed by atoms with Crippen LogP contribution >= 0.6 is 0 Å². The Morgan fingerprint density at radius 2 is 2.31 bits per heavy atom. The Kier molecular flexibility index (Phi) is 3.53. The molecule has 0 saturated heterocycles. The SMILES string of the molecule is N#Cc1cccc(CNC2CCCC2F)c1. The lowest BCUT2D eigenvalue weighted by molar-refractivity contribution is 0.279. The number of halogens is 1. The summed E-state index contributed by atoms with van der Waals surface area (Å²) in [7, 11) is 0. The molecule has 1 saturated carbocycles. The third-order valence-corrected chi connectivity index (χ3v) is 3.06. The molecule has 1 aliphatic rings. The summed E-state index contributed by atoms with van der Waals surface area (Å²) in [5.41, 5.74) is 1.70. The number of nitrogens with zero attached hydrogens (tertiary/aromatic N) is 1. The van der Waals surface area contributed by atoms with E-state index < -0.39 is 6.17 Å². The fraction of sp³-hybridized carbons (Fsp3) is 0.462. The van der Waals surface area contributed by atoms with Crippen LogP contribution in [0.5, 0.6) is 0 Å². The van der Waals surface area contributed by atoms with Crippen LogP contribution in [0.3, 0.4) is 0 Å². The first-order valence-electron chi connectivity index (χ1n) is 5.66. The van der Waals surface area contributed by atoms with Gasteiger partial charge in [-0.25, -0.2) is 4.39 Å². The summed E-state index contributed by atoms with van der Waals surface area (Å²) in [6.07, 6.45) is 1.85. The van der Waals surface area contributed by atoms with E-state index in [4.69, 9.17) is 5.26 Å². The van der Waals surface area contributed by atoms with Gasteiger partial charge in [-0.15, -0.1) is 0 Å². The van der Waals surface area contributed by atoms with Crippen molar-refractivity contribution in [2.24, 2.45) is 0 Å². The molecule has 1 aromatic carbocycles. The third-order valence-electron chi connectivity index (χ3n) is 3.06. The van der Waals surface area contributed by atoms with E-state index in [-0.39, 0.29) is 6.04 Å². The van der Waals surface area contributed by atoms with E-state index in [1.165, 1.54) is 0 Å². The van der Waals surface area contributed by atoms with E-state index in [0.29, 0.717) is 18.5 Å².